The zero-order chi connectivity index (χ0) is 14.6. The molecule has 2 rings (SSSR count). The van der Waals surface area contributed by atoms with Crippen LogP contribution in [0.3, 0.4) is 0 Å². The Morgan fingerprint density at radius 2 is 1.85 bits per heavy atom. The van der Waals surface area contributed by atoms with Crippen molar-refractivity contribution in [1.82, 2.24) is 4.90 Å². The van der Waals surface area contributed by atoms with E-state index in [4.69, 9.17) is 4.74 Å². The molecule has 1 fully saturated rings. The number of rotatable bonds is 4. The number of amides is 1. The van der Waals surface area contributed by atoms with E-state index < -0.39 is 10.0 Å². The van der Waals surface area contributed by atoms with Gasteiger partial charge in [0.2, 0.25) is 10.0 Å². The van der Waals surface area contributed by atoms with E-state index in [0.29, 0.717) is 37.6 Å². The molecule has 0 saturated carbocycles. The number of sulfonamides is 1. The van der Waals surface area contributed by atoms with Crippen LogP contribution < -0.4 is 4.72 Å². The molecule has 0 bridgehead atoms. The molecule has 110 valence electrons. The molecule has 0 radical (unpaired) electrons. The van der Waals surface area contributed by atoms with Crippen LogP contribution in [0.4, 0.5) is 5.69 Å². The number of carbonyl (C=O) groups excluding carboxylic acids is 1. The standard InChI is InChI=1S/C13H18N2O4S/c1-2-20(17,18)14-12-5-3-11(4-6-12)13(16)15-7-9-19-10-8-15/h3-6,14H,2,7-10H2,1H3. The molecule has 0 unspecified atom stereocenters. The summed E-state index contributed by atoms with van der Waals surface area (Å²) in [5.41, 5.74) is 1.01. The predicted octanol–water partition coefficient (Wildman–Crippen LogP) is 0.921. The van der Waals surface area contributed by atoms with Gasteiger partial charge in [-0.25, -0.2) is 8.42 Å². The number of hydrogen-bond donors (Lipinski definition) is 1. The van der Waals surface area contributed by atoms with Crippen LogP contribution in [0.1, 0.15) is 17.3 Å². The zero-order valence-corrected chi connectivity index (χ0v) is 12.1. The van der Waals surface area contributed by atoms with Crippen LogP contribution in [0, 0.1) is 0 Å². The van der Waals surface area contributed by atoms with Gasteiger partial charge in [-0.2, -0.15) is 0 Å². The van der Waals surface area contributed by atoms with Crippen LogP contribution in [0.15, 0.2) is 24.3 Å². The normalized spacial score (nSPS) is 15.9. The predicted molar refractivity (Wildman–Crippen MR) is 76.2 cm³/mol. The van der Waals surface area contributed by atoms with Gasteiger partial charge in [-0.3, -0.25) is 9.52 Å². The Bertz CT molecular complexity index is 563. The van der Waals surface area contributed by atoms with E-state index in [2.05, 4.69) is 4.72 Å². The van der Waals surface area contributed by atoms with Gasteiger partial charge >= 0.3 is 0 Å². The SMILES string of the molecule is CCS(=O)(=O)Nc1ccc(C(=O)N2CCOCC2)cc1. The molecule has 0 aromatic heterocycles. The van der Waals surface area contributed by atoms with Crippen molar-refractivity contribution in [1.29, 1.82) is 0 Å². The second kappa shape index (κ2) is 6.23. The van der Waals surface area contributed by atoms with Gasteiger partial charge in [0.25, 0.3) is 5.91 Å². The lowest BCUT2D eigenvalue weighted by Crippen LogP contribution is -2.40. The minimum Gasteiger partial charge on any atom is -0.378 e. The molecule has 0 aliphatic carbocycles. The second-order valence-corrected chi connectivity index (χ2v) is 6.50. The molecule has 20 heavy (non-hydrogen) atoms. The van der Waals surface area contributed by atoms with Gasteiger partial charge < -0.3 is 9.64 Å². The lowest BCUT2D eigenvalue weighted by molar-refractivity contribution is 0.0303. The summed E-state index contributed by atoms with van der Waals surface area (Å²) in [5, 5.41) is 0. The highest BCUT2D eigenvalue weighted by atomic mass is 32.2. The van der Waals surface area contributed by atoms with Crippen molar-refractivity contribution in [3.63, 3.8) is 0 Å². The minimum absolute atomic E-state index is 0.0153. The number of ether oxygens (including phenoxy) is 1. The van der Waals surface area contributed by atoms with Gasteiger partial charge in [-0.15, -0.1) is 0 Å². The first-order chi connectivity index (χ1) is 9.52. The highest BCUT2D eigenvalue weighted by Gasteiger charge is 2.18. The maximum absolute atomic E-state index is 12.2. The third kappa shape index (κ3) is 3.71. The summed E-state index contributed by atoms with van der Waals surface area (Å²) in [7, 11) is -3.29. The zero-order valence-electron chi connectivity index (χ0n) is 11.3. The van der Waals surface area contributed by atoms with Crippen molar-refractivity contribution in [2.24, 2.45) is 0 Å². The van der Waals surface area contributed by atoms with Crippen LogP contribution in [0.25, 0.3) is 0 Å². The Hall–Kier alpha value is -1.60. The Morgan fingerprint density at radius 3 is 2.40 bits per heavy atom. The summed E-state index contributed by atoms with van der Waals surface area (Å²) in [4.78, 5) is 13.9. The number of hydrogen-bond acceptors (Lipinski definition) is 4. The molecule has 0 spiro atoms. The van der Waals surface area contributed by atoms with Crippen molar-refractivity contribution in [3.8, 4) is 0 Å². The molecular formula is C13H18N2O4S. The largest absolute Gasteiger partial charge is 0.378 e. The number of anilines is 1. The molecule has 7 heteroatoms. The monoisotopic (exact) mass is 298 g/mol. The first-order valence-corrected chi connectivity index (χ1v) is 8.14. The second-order valence-electron chi connectivity index (χ2n) is 4.49. The van der Waals surface area contributed by atoms with Gasteiger partial charge in [-0.05, 0) is 31.2 Å². The van der Waals surface area contributed by atoms with Crippen LogP contribution in [-0.4, -0.2) is 51.3 Å². The van der Waals surface area contributed by atoms with Crippen molar-refractivity contribution in [2.45, 2.75) is 6.92 Å². The topological polar surface area (TPSA) is 75.7 Å². The number of morpholine rings is 1. The van der Waals surface area contributed by atoms with Crippen molar-refractivity contribution in [2.75, 3.05) is 36.8 Å². The summed E-state index contributed by atoms with van der Waals surface area (Å²) in [6.45, 7) is 3.85. The van der Waals surface area contributed by atoms with E-state index in [-0.39, 0.29) is 11.7 Å². The van der Waals surface area contributed by atoms with Crippen molar-refractivity contribution in [3.05, 3.63) is 29.8 Å². The van der Waals surface area contributed by atoms with Gasteiger partial charge in [0.05, 0.1) is 19.0 Å². The third-order valence-electron chi connectivity index (χ3n) is 3.08. The van der Waals surface area contributed by atoms with E-state index in [9.17, 15) is 13.2 Å². The van der Waals surface area contributed by atoms with Crippen LogP contribution in [0.5, 0.6) is 0 Å². The van der Waals surface area contributed by atoms with Crippen molar-refractivity contribution >= 4 is 21.6 Å². The molecule has 1 N–H and O–H groups in total. The molecule has 6 nitrogen and oxygen atoms in total. The highest BCUT2D eigenvalue weighted by Crippen LogP contribution is 2.14. The van der Waals surface area contributed by atoms with Crippen LogP contribution >= 0.6 is 0 Å². The first-order valence-electron chi connectivity index (χ1n) is 6.49. The summed E-state index contributed by atoms with van der Waals surface area (Å²) in [6, 6.07) is 6.46. The van der Waals surface area contributed by atoms with Gasteiger partial charge in [0.1, 0.15) is 0 Å². The molecule has 0 atom stereocenters. The van der Waals surface area contributed by atoms with E-state index in [1.807, 2.05) is 0 Å². The Kier molecular flexibility index (Phi) is 4.61. The van der Waals surface area contributed by atoms with E-state index in [0.717, 1.165) is 0 Å². The average Bonchev–Trinajstić information content (AvgIpc) is 2.48. The van der Waals surface area contributed by atoms with Gasteiger partial charge in [0.15, 0.2) is 0 Å². The maximum Gasteiger partial charge on any atom is 0.254 e. The third-order valence-corrected chi connectivity index (χ3v) is 4.39. The Morgan fingerprint density at radius 1 is 1.25 bits per heavy atom. The Balaban J connectivity index is 2.06. The molecular weight excluding hydrogens is 280 g/mol. The Labute approximate surface area is 118 Å². The van der Waals surface area contributed by atoms with Crippen LogP contribution in [-0.2, 0) is 14.8 Å². The van der Waals surface area contributed by atoms with E-state index >= 15 is 0 Å². The lowest BCUT2D eigenvalue weighted by Gasteiger charge is -2.26. The summed E-state index contributed by atoms with van der Waals surface area (Å²) >= 11 is 0. The summed E-state index contributed by atoms with van der Waals surface area (Å²) in [5.74, 6) is -0.0419. The molecule has 1 amide bonds. The highest BCUT2D eigenvalue weighted by molar-refractivity contribution is 7.92. The molecule has 1 saturated heterocycles. The summed E-state index contributed by atoms with van der Waals surface area (Å²) < 4.78 is 30.5. The molecule has 1 aromatic rings. The van der Waals surface area contributed by atoms with Gasteiger partial charge in [0, 0.05) is 24.3 Å². The fraction of sp³-hybridized carbons (Fsp3) is 0.462. The van der Waals surface area contributed by atoms with Crippen molar-refractivity contribution < 1.29 is 17.9 Å². The number of carbonyl (C=O) groups is 1. The maximum atomic E-state index is 12.2. The molecule has 1 aliphatic heterocycles. The minimum atomic E-state index is -3.29. The fourth-order valence-corrected chi connectivity index (χ4v) is 2.52. The lowest BCUT2D eigenvalue weighted by atomic mass is 10.2. The van der Waals surface area contributed by atoms with Crippen LogP contribution in [0.2, 0.25) is 0 Å². The smallest absolute Gasteiger partial charge is 0.254 e. The van der Waals surface area contributed by atoms with E-state index in [1.165, 1.54) is 0 Å². The fourth-order valence-electron chi connectivity index (χ4n) is 1.88. The molecule has 1 aliphatic rings. The van der Waals surface area contributed by atoms with Gasteiger partial charge in [-0.1, -0.05) is 0 Å². The summed E-state index contributed by atoms with van der Waals surface area (Å²) in [6.07, 6.45) is 0. The number of nitrogens with one attached hydrogen (secondary N) is 1. The molecule has 1 aromatic carbocycles. The quantitative estimate of drug-likeness (QED) is 0.897. The number of benzene rings is 1. The average molecular weight is 298 g/mol. The van der Waals surface area contributed by atoms with E-state index in [1.54, 1.807) is 36.1 Å². The molecule has 1 heterocycles. The number of nitrogens with zero attached hydrogens (tertiary/aromatic N) is 1. The first kappa shape index (κ1) is 14.8.